The molecule has 8 heteroatoms. The van der Waals surface area contributed by atoms with E-state index in [1.807, 2.05) is 48.1 Å². The highest BCUT2D eigenvalue weighted by Gasteiger charge is 2.14. The number of aryl methyl sites for hydroxylation is 3. The molecule has 0 bridgehead atoms. The maximum absolute atomic E-state index is 12.4. The third-order valence-corrected chi connectivity index (χ3v) is 6.63. The zero-order valence-electron chi connectivity index (χ0n) is 17.6. The number of carbonyl (C=O) groups is 1. The van der Waals surface area contributed by atoms with Crippen LogP contribution >= 0.6 is 23.1 Å². The van der Waals surface area contributed by atoms with Gasteiger partial charge in [0, 0.05) is 22.5 Å². The average Bonchev–Trinajstić information content (AvgIpc) is 3.35. The summed E-state index contributed by atoms with van der Waals surface area (Å²) in [6.45, 7) is 6.00. The summed E-state index contributed by atoms with van der Waals surface area (Å²) >= 11 is 3.10. The summed E-state index contributed by atoms with van der Waals surface area (Å²) in [6.07, 6.45) is 0.266. The molecule has 0 atom stereocenters. The van der Waals surface area contributed by atoms with Crippen LogP contribution in [-0.2, 0) is 17.0 Å². The molecule has 6 nitrogen and oxygen atoms in total. The zero-order valence-corrected chi connectivity index (χ0v) is 19.3. The van der Waals surface area contributed by atoms with Crippen LogP contribution in [-0.4, -0.2) is 25.7 Å². The predicted octanol–water partition coefficient (Wildman–Crippen LogP) is 5.12. The molecule has 0 saturated heterocycles. The van der Waals surface area contributed by atoms with Crippen molar-refractivity contribution in [3.8, 4) is 5.69 Å². The Morgan fingerprint density at radius 2 is 1.84 bits per heavy atom. The summed E-state index contributed by atoms with van der Waals surface area (Å²) in [5.74, 6) is 1.45. The molecule has 2 aromatic carbocycles. The van der Waals surface area contributed by atoms with E-state index in [9.17, 15) is 4.79 Å². The number of anilines is 1. The van der Waals surface area contributed by atoms with Gasteiger partial charge in [0.2, 0.25) is 5.91 Å². The van der Waals surface area contributed by atoms with Gasteiger partial charge in [-0.25, -0.2) is 4.98 Å². The van der Waals surface area contributed by atoms with Gasteiger partial charge in [-0.15, -0.1) is 21.5 Å². The minimum atomic E-state index is -0.0578. The van der Waals surface area contributed by atoms with Crippen LogP contribution in [0.4, 0.5) is 5.69 Å². The number of thioether (sulfide) groups is 1. The summed E-state index contributed by atoms with van der Waals surface area (Å²) in [5.41, 5.74) is 5.07. The van der Waals surface area contributed by atoms with Crippen molar-refractivity contribution in [1.82, 2.24) is 19.7 Å². The number of amides is 1. The minimum absolute atomic E-state index is 0.0578. The number of rotatable bonds is 7. The van der Waals surface area contributed by atoms with E-state index in [-0.39, 0.29) is 12.3 Å². The Balaban J connectivity index is 1.38. The Kier molecular flexibility index (Phi) is 6.48. The lowest BCUT2D eigenvalue weighted by Crippen LogP contribution is -2.15. The number of nitrogens with one attached hydrogen (secondary N) is 1. The molecule has 0 aliphatic carbocycles. The quantitative estimate of drug-likeness (QED) is 0.396. The Bertz CT molecular complexity index is 1200. The minimum Gasteiger partial charge on any atom is -0.325 e. The molecule has 0 aliphatic heterocycles. The van der Waals surface area contributed by atoms with Gasteiger partial charge in [0.25, 0.3) is 0 Å². The fraction of sp³-hybridized carbons (Fsp3) is 0.217. The molecule has 0 saturated carbocycles. The number of benzene rings is 2. The average molecular weight is 450 g/mol. The number of aromatic nitrogens is 4. The molecule has 0 radical (unpaired) electrons. The van der Waals surface area contributed by atoms with Crippen molar-refractivity contribution in [2.75, 3.05) is 5.32 Å². The molecule has 4 aromatic rings. The molecular weight excluding hydrogens is 426 g/mol. The Morgan fingerprint density at radius 1 is 1.06 bits per heavy atom. The maximum Gasteiger partial charge on any atom is 0.231 e. The molecule has 2 aromatic heterocycles. The third-order valence-electron chi connectivity index (χ3n) is 4.77. The van der Waals surface area contributed by atoms with Crippen LogP contribution in [0, 0.1) is 20.8 Å². The highest BCUT2D eigenvalue weighted by molar-refractivity contribution is 7.98. The fourth-order valence-corrected chi connectivity index (χ4v) is 4.90. The number of nitrogens with zero attached hydrogens (tertiary/aromatic N) is 4. The first kappa shape index (κ1) is 21.3. The molecule has 0 fully saturated rings. The van der Waals surface area contributed by atoms with Crippen molar-refractivity contribution in [1.29, 1.82) is 0 Å². The van der Waals surface area contributed by atoms with Gasteiger partial charge in [0.05, 0.1) is 12.1 Å². The van der Waals surface area contributed by atoms with E-state index in [2.05, 4.69) is 51.7 Å². The number of thiazole rings is 1. The number of para-hydroxylation sites is 1. The highest BCUT2D eigenvalue weighted by atomic mass is 32.2. The summed E-state index contributed by atoms with van der Waals surface area (Å²) in [5, 5.41) is 15.2. The predicted molar refractivity (Wildman–Crippen MR) is 126 cm³/mol. The molecule has 2 heterocycles. The van der Waals surface area contributed by atoms with Gasteiger partial charge in [-0.05, 0) is 44.5 Å². The summed E-state index contributed by atoms with van der Waals surface area (Å²) in [6, 6.07) is 16.1. The number of carbonyl (C=O) groups excluding carboxylic acids is 1. The first-order chi connectivity index (χ1) is 15.0. The van der Waals surface area contributed by atoms with Crippen molar-refractivity contribution in [2.45, 2.75) is 38.1 Å². The zero-order chi connectivity index (χ0) is 21.8. The lowest BCUT2D eigenvalue weighted by atomic mass is 10.2. The normalized spacial score (nSPS) is 10.9. The molecule has 0 unspecified atom stereocenters. The van der Waals surface area contributed by atoms with Crippen molar-refractivity contribution < 1.29 is 4.79 Å². The van der Waals surface area contributed by atoms with Crippen LogP contribution in [0.15, 0.2) is 59.1 Å². The van der Waals surface area contributed by atoms with E-state index in [1.165, 1.54) is 16.9 Å². The van der Waals surface area contributed by atoms with E-state index >= 15 is 0 Å². The van der Waals surface area contributed by atoms with Gasteiger partial charge in [0.15, 0.2) is 5.16 Å². The lowest BCUT2D eigenvalue weighted by molar-refractivity contribution is -0.115. The molecule has 158 valence electrons. The summed E-state index contributed by atoms with van der Waals surface area (Å²) in [4.78, 5) is 17.0. The monoisotopic (exact) mass is 449 g/mol. The van der Waals surface area contributed by atoms with Gasteiger partial charge >= 0.3 is 0 Å². The van der Waals surface area contributed by atoms with E-state index in [4.69, 9.17) is 0 Å². The van der Waals surface area contributed by atoms with Crippen molar-refractivity contribution in [2.24, 2.45) is 0 Å². The van der Waals surface area contributed by atoms with Crippen LogP contribution in [0.3, 0.4) is 0 Å². The molecular formula is C23H23N5OS2. The standard InChI is InChI=1S/C23H23N5OS2/c1-15-8-10-19(11-9-15)28-17(3)26-27-23(28)31-14-18-13-30-22(24-18)12-21(29)25-20-7-5-4-6-16(20)2/h4-11,13H,12,14H2,1-3H3,(H,25,29). The van der Waals surface area contributed by atoms with Gasteiger partial charge < -0.3 is 5.32 Å². The largest absolute Gasteiger partial charge is 0.325 e. The van der Waals surface area contributed by atoms with Crippen molar-refractivity contribution in [3.05, 3.63) is 81.6 Å². The molecule has 1 amide bonds. The Hall–Kier alpha value is -2.97. The van der Waals surface area contributed by atoms with E-state index in [1.54, 1.807) is 11.8 Å². The summed E-state index contributed by atoms with van der Waals surface area (Å²) < 4.78 is 2.05. The topological polar surface area (TPSA) is 72.7 Å². The van der Waals surface area contributed by atoms with Gasteiger partial charge in [-0.2, -0.15) is 0 Å². The third kappa shape index (κ3) is 5.21. The van der Waals surface area contributed by atoms with Gasteiger partial charge in [-0.3, -0.25) is 9.36 Å². The van der Waals surface area contributed by atoms with Crippen molar-refractivity contribution >= 4 is 34.7 Å². The van der Waals surface area contributed by atoms with Crippen molar-refractivity contribution in [3.63, 3.8) is 0 Å². The Labute approximate surface area is 189 Å². The van der Waals surface area contributed by atoms with Crippen LogP contribution in [0.2, 0.25) is 0 Å². The SMILES string of the molecule is Cc1ccc(-n2c(C)nnc2SCc2csc(CC(=O)Nc3ccccc3C)n2)cc1. The van der Waals surface area contributed by atoms with Crippen LogP contribution in [0.25, 0.3) is 5.69 Å². The van der Waals surface area contributed by atoms with Gasteiger partial charge in [0.1, 0.15) is 10.8 Å². The van der Waals surface area contributed by atoms with E-state index in [0.717, 1.165) is 38.6 Å². The lowest BCUT2D eigenvalue weighted by Gasteiger charge is -2.08. The van der Waals surface area contributed by atoms with Crippen LogP contribution in [0.1, 0.15) is 27.7 Å². The smallest absolute Gasteiger partial charge is 0.231 e. The first-order valence-electron chi connectivity index (χ1n) is 9.90. The van der Waals surface area contributed by atoms with Gasteiger partial charge in [-0.1, -0.05) is 47.7 Å². The summed E-state index contributed by atoms with van der Waals surface area (Å²) in [7, 11) is 0. The molecule has 1 N–H and O–H groups in total. The van der Waals surface area contributed by atoms with Crippen LogP contribution < -0.4 is 5.32 Å². The van der Waals surface area contributed by atoms with E-state index in [0.29, 0.717) is 5.75 Å². The number of hydrogen-bond donors (Lipinski definition) is 1. The second-order valence-corrected chi connectivity index (χ2v) is 9.15. The second-order valence-electron chi connectivity index (χ2n) is 7.26. The molecule has 0 spiro atoms. The highest BCUT2D eigenvalue weighted by Crippen LogP contribution is 2.26. The van der Waals surface area contributed by atoms with Crippen LogP contribution in [0.5, 0.6) is 0 Å². The first-order valence-corrected chi connectivity index (χ1v) is 11.8. The molecule has 4 rings (SSSR count). The molecule has 0 aliphatic rings. The fourth-order valence-electron chi connectivity index (χ4n) is 3.11. The maximum atomic E-state index is 12.4. The Morgan fingerprint density at radius 3 is 2.61 bits per heavy atom. The van der Waals surface area contributed by atoms with E-state index < -0.39 is 0 Å². The molecule has 31 heavy (non-hydrogen) atoms. The number of hydrogen-bond acceptors (Lipinski definition) is 6. The second kappa shape index (κ2) is 9.45.